The summed E-state index contributed by atoms with van der Waals surface area (Å²) in [6.07, 6.45) is 0. The Morgan fingerprint density at radius 2 is 1.56 bits per heavy atom. The van der Waals surface area contributed by atoms with Crippen LogP contribution >= 0.6 is 8.03 Å². The molecule has 1 N–H and O–H groups in total. The predicted octanol–water partition coefficient (Wildman–Crippen LogP) is 2.57. The van der Waals surface area contributed by atoms with Crippen molar-refractivity contribution in [2.45, 2.75) is 0 Å². The number of para-hydroxylation sites is 1. The molecule has 0 aliphatic carbocycles. The van der Waals surface area contributed by atoms with Crippen LogP contribution in [0.5, 0.6) is 11.5 Å². The van der Waals surface area contributed by atoms with Crippen molar-refractivity contribution < 1.29 is 14.2 Å². The van der Waals surface area contributed by atoms with Crippen molar-refractivity contribution >= 4 is 13.3 Å². The van der Waals surface area contributed by atoms with Gasteiger partial charge in [0, 0.05) is 5.30 Å². The van der Waals surface area contributed by atoms with Gasteiger partial charge in [-0.1, -0.05) is 18.2 Å². The summed E-state index contributed by atoms with van der Waals surface area (Å²) < 4.78 is 17.1. The summed E-state index contributed by atoms with van der Waals surface area (Å²) in [5, 5.41) is 9.69. The van der Waals surface area contributed by atoms with Gasteiger partial charge in [-0.05, 0) is 36.4 Å². The molecule has 0 bridgehead atoms. The Morgan fingerprint density at radius 3 is 2.19 bits per heavy atom. The van der Waals surface area contributed by atoms with Crippen molar-refractivity contribution in [3.05, 3.63) is 54.6 Å². The van der Waals surface area contributed by atoms with Crippen LogP contribution in [0.25, 0.3) is 0 Å². The van der Waals surface area contributed by atoms with E-state index in [0.29, 0.717) is 11.1 Å². The van der Waals surface area contributed by atoms with Crippen LogP contribution in [0.15, 0.2) is 54.6 Å². The lowest BCUT2D eigenvalue weighted by Crippen LogP contribution is -1.98. The number of rotatable bonds is 3. The second-order valence-corrected chi connectivity index (χ2v) is 4.61. The minimum Gasteiger partial charge on any atom is -0.508 e. The molecule has 0 radical (unpaired) electrons. The highest BCUT2D eigenvalue weighted by atomic mass is 31.1. The third-order valence-corrected chi connectivity index (χ3v) is 3.28. The first-order valence-corrected chi connectivity index (χ1v) is 6.13. The molecular weight excluding hydrogens is 223 g/mol. The molecule has 2 rings (SSSR count). The largest absolute Gasteiger partial charge is 0.508 e. The zero-order valence-electron chi connectivity index (χ0n) is 8.46. The van der Waals surface area contributed by atoms with Crippen molar-refractivity contribution in [3.63, 3.8) is 0 Å². The maximum absolute atomic E-state index is 11.8. The van der Waals surface area contributed by atoms with Gasteiger partial charge in [0.25, 0.3) is 8.03 Å². The molecule has 2 aromatic carbocycles. The lowest BCUT2D eigenvalue weighted by molar-refractivity contribution is 0.475. The molecule has 0 aliphatic rings. The standard InChI is InChI=1S/C12H11O3P/c13-10-6-8-12(9-7-10)16(14)15-11-4-2-1-3-5-11/h1-9,13,16H. The molecule has 0 saturated heterocycles. The number of aromatic hydroxyl groups is 1. The molecular formula is C12H11O3P. The number of phenolic OH excluding ortho intramolecular Hbond substituents is 1. The summed E-state index contributed by atoms with van der Waals surface area (Å²) in [7, 11) is -2.30. The van der Waals surface area contributed by atoms with E-state index in [0.717, 1.165) is 0 Å². The maximum atomic E-state index is 11.8. The molecule has 82 valence electrons. The summed E-state index contributed by atoms with van der Waals surface area (Å²) in [6, 6.07) is 15.2. The van der Waals surface area contributed by atoms with E-state index in [-0.39, 0.29) is 5.75 Å². The minimum absolute atomic E-state index is 0.151. The first kappa shape index (κ1) is 10.8. The maximum Gasteiger partial charge on any atom is 0.265 e. The lowest BCUT2D eigenvalue weighted by Gasteiger charge is -2.05. The first-order chi connectivity index (χ1) is 7.75. The zero-order chi connectivity index (χ0) is 11.4. The van der Waals surface area contributed by atoms with Gasteiger partial charge in [0.05, 0.1) is 0 Å². The van der Waals surface area contributed by atoms with Gasteiger partial charge in [0.2, 0.25) is 0 Å². The van der Waals surface area contributed by atoms with E-state index < -0.39 is 8.03 Å². The Hall–Kier alpha value is -1.73. The summed E-state index contributed by atoms with van der Waals surface area (Å²) >= 11 is 0. The first-order valence-electron chi connectivity index (χ1n) is 4.82. The SMILES string of the molecule is O=[PH](Oc1ccccc1)c1ccc(O)cc1. The van der Waals surface area contributed by atoms with Gasteiger partial charge in [-0.25, -0.2) is 0 Å². The van der Waals surface area contributed by atoms with Crippen LogP contribution in [0.4, 0.5) is 0 Å². The highest BCUT2D eigenvalue weighted by molar-refractivity contribution is 7.48. The van der Waals surface area contributed by atoms with Crippen LogP contribution in [-0.4, -0.2) is 5.11 Å². The normalized spacial score (nSPS) is 12.0. The molecule has 0 amide bonds. The molecule has 1 atom stereocenters. The average molecular weight is 234 g/mol. The number of hydrogen-bond acceptors (Lipinski definition) is 3. The molecule has 3 nitrogen and oxygen atoms in total. The third kappa shape index (κ3) is 2.65. The smallest absolute Gasteiger partial charge is 0.265 e. The van der Waals surface area contributed by atoms with E-state index >= 15 is 0 Å². The van der Waals surface area contributed by atoms with E-state index in [1.165, 1.54) is 12.1 Å². The highest BCUT2D eigenvalue weighted by Gasteiger charge is 2.04. The topological polar surface area (TPSA) is 46.5 Å². The fraction of sp³-hybridized carbons (Fsp3) is 0. The Balaban J connectivity index is 2.12. The molecule has 0 aromatic heterocycles. The summed E-state index contributed by atoms with van der Waals surface area (Å²) in [4.78, 5) is 0. The quantitative estimate of drug-likeness (QED) is 0.830. The van der Waals surface area contributed by atoms with Gasteiger partial charge in [-0.2, -0.15) is 0 Å². The second-order valence-electron chi connectivity index (χ2n) is 3.25. The average Bonchev–Trinajstić information content (AvgIpc) is 2.31. The van der Waals surface area contributed by atoms with E-state index in [4.69, 9.17) is 9.63 Å². The number of benzene rings is 2. The van der Waals surface area contributed by atoms with Crippen LogP contribution in [-0.2, 0) is 4.57 Å². The molecule has 0 spiro atoms. The van der Waals surface area contributed by atoms with Gasteiger partial charge in [0.15, 0.2) is 0 Å². The van der Waals surface area contributed by atoms with Crippen molar-refractivity contribution in [1.29, 1.82) is 0 Å². The predicted molar refractivity (Wildman–Crippen MR) is 63.8 cm³/mol. The molecule has 16 heavy (non-hydrogen) atoms. The molecule has 0 fully saturated rings. The summed E-state index contributed by atoms with van der Waals surface area (Å²) in [5.41, 5.74) is 0. The van der Waals surface area contributed by atoms with Gasteiger partial charge < -0.3 is 9.63 Å². The molecule has 4 heteroatoms. The van der Waals surface area contributed by atoms with Gasteiger partial charge >= 0.3 is 0 Å². The fourth-order valence-electron chi connectivity index (χ4n) is 1.25. The Kier molecular flexibility index (Phi) is 3.28. The Morgan fingerprint density at radius 1 is 0.938 bits per heavy atom. The fourth-order valence-corrected chi connectivity index (χ4v) is 2.16. The van der Waals surface area contributed by atoms with E-state index in [2.05, 4.69) is 0 Å². The van der Waals surface area contributed by atoms with Crippen LogP contribution in [0.2, 0.25) is 0 Å². The van der Waals surface area contributed by atoms with Crippen molar-refractivity contribution in [1.82, 2.24) is 0 Å². The Labute approximate surface area is 94.2 Å². The molecule has 0 heterocycles. The second kappa shape index (κ2) is 4.86. The number of hydrogen-bond donors (Lipinski definition) is 1. The van der Waals surface area contributed by atoms with Crippen molar-refractivity contribution in [2.24, 2.45) is 0 Å². The van der Waals surface area contributed by atoms with Crippen molar-refractivity contribution in [2.75, 3.05) is 0 Å². The third-order valence-electron chi connectivity index (χ3n) is 2.06. The molecule has 0 aliphatic heterocycles. The van der Waals surface area contributed by atoms with Gasteiger partial charge in [-0.3, -0.25) is 4.57 Å². The lowest BCUT2D eigenvalue weighted by atomic mass is 10.3. The van der Waals surface area contributed by atoms with Crippen LogP contribution in [0.3, 0.4) is 0 Å². The van der Waals surface area contributed by atoms with Crippen LogP contribution in [0.1, 0.15) is 0 Å². The van der Waals surface area contributed by atoms with Gasteiger partial charge in [-0.15, -0.1) is 0 Å². The molecule has 1 unspecified atom stereocenters. The minimum atomic E-state index is -2.30. The summed E-state index contributed by atoms with van der Waals surface area (Å²) in [6.45, 7) is 0. The summed E-state index contributed by atoms with van der Waals surface area (Å²) in [5.74, 6) is 0.734. The highest BCUT2D eigenvalue weighted by Crippen LogP contribution is 2.26. The van der Waals surface area contributed by atoms with E-state index in [1.54, 1.807) is 24.3 Å². The van der Waals surface area contributed by atoms with Gasteiger partial charge in [0.1, 0.15) is 11.5 Å². The van der Waals surface area contributed by atoms with E-state index in [9.17, 15) is 4.57 Å². The Bertz CT molecular complexity index is 479. The van der Waals surface area contributed by atoms with E-state index in [1.807, 2.05) is 18.2 Å². The van der Waals surface area contributed by atoms with Crippen LogP contribution < -0.4 is 9.83 Å². The number of phenols is 1. The monoisotopic (exact) mass is 234 g/mol. The molecule has 2 aromatic rings. The molecule has 0 saturated carbocycles. The zero-order valence-corrected chi connectivity index (χ0v) is 9.46. The van der Waals surface area contributed by atoms with Crippen LogP contribution in [0, 0.1) is 0 Å². The van der Waals surface area contributed by atoms with Crippen molar-refractivity contribution in [3.8, 4) is 11.5 Å².